The largest absolute Gasteiger partial charge is 0.497 e. The molecule has 2 N–H and O–H groups in total. The summed E-state index contributed by atoms with van der Waals surface area (Å²) < 4.78 is 6.40. The number of fused-ring (bicyclic) bond motifs is 1. The summed E-state index contributed by atoms with van der Waals surface area (Å²) in [7, 11) is 3.60. The zero-order chi connectivity index (χ0) is 16.4. The zero-order valence-corrected chi connectivity index (χ0v) is 12.9. The Bertz CT molecular complexity index is 841. The number of carbonyl (C=O) groups excluding carboxylic acids is 1. The highest BCUT2D eigenvalue weighted by Crippen LogP contribution is 2.24. The Labute approximate surface area is 133 Å². The van der Waals surface area contributed by atoms with Crippen LogP contribution < -0.4 is 15.4 Å². The fourth-order valence-electron chi connectivity index (χ4n) is 2.46. The third-order valence-electron chi connectivity index (χ3n) is 3.64. The van der Waals surface area contributed by atoms with Crippen molar-refractivity contribution in [2.75, 3.05) is 19.1 Å². The quantitative estimate of drug-likeness (QED) is 0.796. The molecule has 7 nitrogen and oxygen atoms in total. The molecular formula is C16H17N5O2. The lowest BCUT2D eigenvalue weighted by molar-refractivity contribution is 0.251. The summed E-state index contributed by atoms with van der Waals surface area (Å²) in [6.07, 6.45) is 3.04. The number of ether oxygens (including phenoxy) is 1. The number of anilines is 1. The van der Waals surface area contributed by atoms with Crippen LogP contribution in [-0.4, -0.2) is 34.7 Å². The van der Waals surface area contributed by atoms with Crippen LogP contribution in [0.15, 0.2) is 42.9 Å². The first-order chi connectivity index (χ1) is 11.1. The maximum Gasteiger partial charge on any atom is 0.325 e. The molecule has 0 atom stereocenters. The Balaban J connectivity index is 1.91. The van der Waals surface area contributed by atoms with E-state index in [9.17, 15) is 4.79 Å². The van der Waals surface area contributed by atoms with Crippen molar-refractivity contribution >= 4 is 22.9 Å². The van der Waals surface area contributed by atoms with Gasteiger partial charge in [0.15, 0.2) is 5.65 Å². The lowest BCUT2D eigenvalue weighted by Gasteiger charge is -2.19. The van der Waals surface area contributed by atoms with Crippen molar-refractivity contribution in [3.05, 3.63) is 48.4 Å². The fourth-order valence-corrected chi connectivity index (χ4v) is 2.46. The minimum absolute atomic E-state index is 0.455. The van der Waals surface area contributed by atoms with Crippen molar-refractivity contribution in [2.45, 2.75) is 6.54 Å². The van der Waals surface area contributed by atoms with E-state index in [0.29, 0.717) is 17.7 Å². The SMILES string of the molecule is COc1ccc(CN(C)c2ccnc3c2ncn3C(N)=O)cc1. The molecule has 0 spiro atoms. The minimum Gasteiger partial charge on any atom is -0.497 e. The van der Waals surface area contributed by atoms with Gasteiger partial charge in [-0.2, -0.15) is 0 Å². The van der Waals surface area contributed by atoms with E-state index in [1.165, 1.54) is 10.9 Å². The van der Waals surface area contributed by atoms with E-state index in [0.717, 1.165) is 17.0 Å². The molecule has 0 saturated carbocycles. The van der Waals surface area contributed by atoms with Crippen LogP contribution in [0.1, 0.15) is 5.56 Å². The number of amides is 1. The van der Waals surface area contributed by atoms with Gasteiger partial charge in [0, 0.05) is 19.8 Å². The highest BCUT2D eigenvalue weighted by molar-refractivity contribution is 5.92. The Morgan fingerprint density at radius 3 is 2.65 bits per heavy atom. The molecule has 0 fully saturated rings. The van der Waals surface area contributed by atoms with Crippen LogP contribution in [-0.2, 0) is 6.54 Å². The van der Waals surface area contributed by atoms with Crippen LogP contribution in [0.5, 0.6) is 5.75 Å². The first-order valence-electron chi connectivity index (χ1n) is 7.06. The number of nitrogens with zero attached hydrogens (tertiary/aromatic N) is 4. The van der Waals surface area contributed by atoms with Crippen molar-refractivity contribution in [3.8, 4) is 5.75 Å². The Kier molecular flexibility index (Phi) is 3.84. The molecule has 1 aromatic carbocycles. The van der Waals surface area contributed by atoms with Gasteiger partial charge in [-0.3, -0.25) is 0 Å². The number of methoxy groups -OCH3 is 1. The van der Waals surface area contributed by atoms with Gasteiger partial charge in [-0.25, -0.2) is 19.3 Å². The van der Waals surface area contributed by atoms with Gasteiger partial charge in [0.05, 0.1) is 12.8 Å². The van der Waals surface area contributed by atoms with Gasteiger partial charge in [-0.15, -0.1) is 0 Å². The number of pyridine rings is 1. The highest BCUT2D eigenvalue weighted by Gasteiger charge is 2.14. The van der Waals surface area contributed by atoms with Crippen molar-refractivity contribution in [3.63, 3.8) is 0 Å². The lowest BCUT2D eigenvalue weighted by atomic mass is 10.2. The summed E-state index contributed by atoms with van der Waals surface area (Å²) in [6.45, 7) is 0.687. The molecular weight excluding hydrogens is 294 g/mol. The van der Waals surface area contributed by atoms with Crippen LogP contribution in [0.25, 0.3) is 11.2 Å². The van der Waals surface area contributed by atoms with Gasteiger partial charge in [0.25, 0.3) is 0 Å². The smallest absolute Gasteiger partial charge is 0.325 e. The highest BCUT2D eigenvalue weighted by atomic mass is 16.5. The third-order valence-corrected chi connectivity index (χ3v) is 3.64. The van der Waals surface area contributed by atoms with Crippen LogP contribution in [0, 0.1) is 0 Å². The average molecular weight is 311 g/mol. The maximum atomic E-state index is 11.4. The van der Waals surface area contributed by atoms with Gasteiger partial charge in [0.1, 0.15) is 17.6 Å². The van der Waals surface area contributed by atoms with Crippen molar-refractivity contribution in [2.24, 2.45) is 5.73 Å². The zero-order valence-electron chi connectivity index (χ0n) is 12.9. The molecule has 7 heteroatoms. The van der Waals surface area contributed by atoms with E-state index in [-0.39, 0.29) is 0 Å². The molecule has 0 bridgehead atoms. The standard InChI is InChI=1S/C16H17N5O2/c1-20(9-11-3-5-12(23-2)6-4-11)13-7-8-18-15-14(13)19-10-21(15)16(17)22/h3-8,10H,9H2,1-2H3,(H2,17,22). The van der Waals surface area contributed by atoms with E-state index in [2.05, 4.69) is 9.97 Å². The van der Waals surface area contributed by atoms with Gasteiger partial charge in [-0.1, -0.05) is 12.1 Å². The molecule has 3 rings (SSSR count). The second-order valence-corrected chi connectivity index (χ2v) is 5.16. The molecule has 0 saturated heterocycles. The number of benzene rings is 1. The van der Waals surface area contributed by atoms with E-state index >= 15 is 0 Å². The molecule has 2 heterocycles. The number of primary amides is 1. The van der Waals surface area contributed by atoms with Gasteiger partial charge in [-0.05, 0) is 23.8 Å². The first-order valence-corrected chi connectivity index (χ1v) is 7.06. The number of imidazole rings is 1. The van der Waals surface area contributed by atoms with Crippen LogP contribution in [0.3, 0.4) is 0 Å². The van der Waals surface area contributed by atoms with Crippen LogP contribution in [0.4, 0.5) is 10.5 Å². The summed E-state index contributed by atoms with van der Waals surface area (Å²) in [5, 5.41) is 0. The van der Waals surface area contributed by atoms with E-state index in [4.69, 9.17) is 10.5 Å². The predicted molar refractivity (Wildman–Crippen MR) is 87.6 cm³/mol. The second kappa shape index (κ2) is 5.96. The number of nitrogens with two attached hydrogens (primary N) is 1. The van der Waals surface area contributed by atoms with Gasteiger partial charge < -0.3 is 15.4 Å². The minimum atomic E-state index is -0.602. The lowest BCUT2D eigenvalue weighted by Crippen LogP contribution is -2.19. The Hall–Kier alpha value is -3.09. The molecule has 118 valence electrons. The van der Waals surface area contributed by atoms with E-state index in [1.54, 1.807) is 13.3 Å². The monoisotopic (exact) mass is 311 g/mol. The molecule has 0 radical (unpaired) electrons. The summed E-state index contributed by atoms with van der Waals surface area (Å²) >= 11 is 0. The maximum absolute atomic E-state index is 11.4. The summed E-state index contributed by atoms with van der Waals surface area (Å²) in [5.74, 6) is 0.822. The molecule has 0 aliphatic carbocycles. The number of hydrogen-bond donors (Lipinski definition) is 1. The average Bonchev–Trinajstić information content (AvgIpc) is 2.99. The predicted octanol–water partition coefficient (Wildman–Crippen LogP) is 2.00. The molecule has 0 aliphatic heterocycles. The van der Waals surface area contributed by atoms with Crippen molar-refractivity contribution in [1.82, 2.24) is 14.5 Å². The first kappa shape index (κ1) is 14.8. The van der Waals surface area contributed by atoms with Crippen LogP contribution >= 0.6 is 0 Å². The van der Waals surface area contributed by atoms with E-state index in [1.807, 2.05) is 42.3 Å². The number of aromatic nitrogens is 3. The van der Waals surface area contributed by atoms with Crippen LogP contribution in [0.2, 0.25) is 0 Å². The normalized spacial score (nSPS) is 10.7. The number of rotatable bonds is 4. The van der Waals surface area contributed by atoms with E-state index < -0.39 is 6.03 Å². The van der Waals surface area contributed by atoms with Crippen molar-refractivity contribution in [1.29, 1.82) is 0 Å². The Morgan fingerprint density at radius 2 is 2.00 bits per heavy atom. The molecule has 2 aromatic heterocycles. The molecule has 23 heavy (non-hydrogen) atoms. The van der Waals surface area contributed by atoms with Crippen molar-refractivity contribution < 1.29 is 9.53 Å². The third kappa shape index (κ3) is 2.80. The molecule has 0 unspecified atom stereocenters. The Morgan fingerprint density at radius 1 is 1.26 bits per heavy atom. The number of hydrogen-bond acceptors (Lipinski definition) is 5. The topological polar surface area (TPSA) is 86.3 Å². The summed E-state index contributed by atoms with van der Waals surface area (Å²) in [5.41, 5.74) is 8.43. The van der Waals surface area contributed by atoms with Gasteiger partial charge >= 0.3 is 6.03 Å². The number of carbonyl (C=O) groups is 1. The molecule has 1 amide bonds. The fraction of sp³-hybridized carbons (Fsp3) is 0.188. The van der Waals surface area contributed by atoms with Gasteiger partial charge in [0.2, 0.25) is 0 Å². The second-order valence-electron chi connectivity index (χ2n) is 5.16. The summed E-state index contributed by atoms with van der Waals surface area (Å²) in [6, 6.07) is 9.13. The molecule has 3 aromatic rings. The molecule has 0 aliphatic rings. The summed E-state index contributed by atoms with van der Waals surface area (Å²) in [4.78, 5) is 21.9.